The van der Waals surface area contributed by atoms with Gasteiger partial charge in [-0.25, -0.2) is 4.79 Å². The van der Waals surface area contributed by atoms with Gasteiger partial charge in [-0.15, -0.1) is 0 Å². The van der Waals surface area contributed by atoms with Crippen molar-refractivity contribution in [2.45, 2.75) is 6.92 Å². The monoisotopic (exact) mass is 322 g/mol. The molecular formula is C16H12Cl2O3. The highest BCUT2D eigenvalue weighted by Gasteiger charge is 2.09. The van der Waals surface area contributed by atoms with Crippen LogP contribution in [0.5, 0.6) is 11.5 Å². The van der Waals surface area contributed by atoms with Gasteiger partial charge < -0.3 is 9.84 Å². The molecule has 0 aliphatic carbocycles. The Morgan fingerprint density at radius 1 is 1.14 bits per heavy atom. The summed E-state index contributed by atoms with van der Waals surface area (Å²) >= 11 is 12.2. The van der Waals surface area contributed by atoms with Crippen molar-refractivity contribution in [1.82, 2.24) is 0 Å². The summed E-state index contributed by atoms with van der Waals surface area (Å²) in [7, 11) is 0. The fourth-order valence-electron chi connectivity index (χ4n) is 1.73. The number of hydrogen-bond donors (Lipinski definition) is 1. The van der Waals surface area contributed by atoms with E-state index < -0.39 is 5.97 Å². The topological polar surface area (TPSA) is 46.5 Å². The minimum Gasteiger partial charge on any atom is -0.478 e. The molecule has 0 saturated carbocycles. The lowest BCUT2D eigenvalue weighted by Gasteiger charge is -2.11. The molecule has 2 rings (SSSR count). The molecule has 0 unspecified atom stereocenters. The lowest BCUT2D eigenvalue weighted by molar-refractivity contribution is -0.131. The van der Waals surface area contributed by atoms with Crippen LogP contribution in [0.1, 0.15) is 11.1 Å². The molecule has 2 aromatic carbocycles. The highest BCUT2D eigenvalue weighted by molar-refractivity contribution is 6.32. The Bertz CT molecular complexity index is 709. The Labute approximate surface area is 132 Å². The molecule has 3 nitrogen and oxygen atoms in total. The maximum absolute atomic E-state index is 10.7. The van der Waals surface area contributed by atoms with E-state index in [4.69, 9.17) is 33.0 Å². The second-order valence-electron chi connectivity index (χ2n) is 4.36. The molecular weight excluding hydrogens is 311 g/mol. The van der Waals surface area contributed by atoms with Gasteiger partial charge >= 0.3 is 5.97 Å². The van der Waals surface area contributed by atoms with Crippen molar-refractivity contribution in [3.63, 3.8) is 0 Å². The Hall–Kier alpha value is -1.97. The molecule has 0 fully saturated rings. The number of ether oxygens (including phenoxy) is 1. The van der Waals surface area contributed by atoms with E-state index in [0.717, 1.165) is 11.6 Å². The van der Waals surface area contributed by atoms with Gasteiger partial charge in [0.1, 0.15) is 11.5 Å². The van der Waals surface area contributed by atoms with Gasteiger partial charge in [-0.2, -0.15) is 0 Å². The van der Waals surface area contributed by atoms with Crippen LogP contribution in [-0.4, -0.2) is 11.1 Å². The van der Waals surface area contributed by atoms with Crippen LogP contribution in [0.4, 0.5) is 0 Å². The Balaban J connectivity index is 2.40. The summed E-state index contributed by atoms with van der Waals surface area (Å²) in [6.07, 6.45) is 2.40. The number of rotatable bonds is 4. The quantitative estimate of drug-likeness (QED) is 0.787. The first-order valence-corrected chi connectivity index (χ1v) is 6.86. The van der Waals surface area contributed by atoms with Gasteiger partial charge in [0.15, 0.2) is 0 Å². The van der Waals surface area contributed by atoms with Crippen LogP contribution >= 0.6 is 23.2 Å². The van der Waals surface area contributed by atoms with Crippen molar-refractivity contribution >= 4 is 35.2 Å². The van der Waals surface area contributed by atoms with Crippen LogP contribution < -0.4 is 4.74 Å². The summed E-state index contributed by atoms with van der Waals surface area (Å²) < 4.78 is 5.75. The van der Waals surface area contributed by atoms with Crippen LogP contribution in [0, 0.1) is 6.92 Å². The molecule has 108 valence electrons. The van der Waals surface area contributed by atoms with Crippen LogP contribution in [0.2, 0.25) is 10.0 Å². The van der Waals surface area contributed by atoms with Gasteiger partial charge in [-0.05, 0) is 42.8 Å². The first kappa shape index (κ1) is 15.4. The van der Waals surface area contributed by atoms with E-state index >= 15 is 0 Å². The number of aryl methyl sites for hydroxylation is 1. The van der Waals surface area contributed by atoms with Gasteiger partial charge in [0.25, 0.3) is 0 Å². The predicted octanol–water partition coefficient (Wildman–Crippen LogP) is 5.19. The molecule has 0 aliphatic rings. The molecule has 0 radical (unpaired) electrons. The number of carbonyl (C=O) groups is 1. The van der Waals surface area contributed by atoms with Crippen molar-refractivity contribution in [1.29, 1.82) is 0 Å². The van der Waals surface area contributed by atoms with E-state index in [2.05, 4.69) is 0 Å². The standard InChI is InChI=1S/C16H12Cl2O3/c1-10-5-7-15(13(18)9-10)21-14-4-2-3-12(17)11(14)6-8-16(19)20/h2-9H,1H3,(H,19,20). The van der Waals surface area contributed by atoms with Crippen LogP contribution in [0.15, 0.2) is 42.5 Å². The number of halogens is 2. The summed E-state index contributed by atoms with van der Waals surface area (Å²) in [4.78, 5) is 10.7. The smallest absolute Gasteiger partial charge is 0.328 e. The number of aliphatic carboxylic acids is 1. The third-order valence-corrected chi connectivity index (χ3v) is 3.34. The summed E-state index contributed by atoms with van der Waals surface area (Å²) in [5.74, 6) is -0.144. The molecule has 0 saturated heterocycles. The molecule has 21 heavy (non-hydrogen) atoms. The molecule has 0 atom stereocenters. The van der Waals surface area contributed by atoms with Gasteiger partial charge in [-0.3, -0.25) is 0 Å². The molecule has 0 aliphatic heterocycles. The van der Waals surface area contributed by atoms with Crippen molar-refractivity contribution in [2.24, 2.45) is 0 Å². The lowest BCUT2D eigenvalue weighted by Crippen LogP contribution is -1.91. The third-order valence-electron chi connectivity index (χ3n) is 2.71. The van der Waals surface area contributed by atoms with E-state index in [1.807, 2.05) is 13.0 Å². The van der Waals surface area contributed by atoms with Gasteiger partial charge in [-0.1, -0.05) is 35.3 Å². The first-order chi connectivity index (χ1) is 9.97. The highest BCUT2D eigenvalue weighted by atomic mass is 35.5. The fourth-order valence-corrected chi connectivity index (χ4v) is 2.23. The molecule has 0 spiro atoms. The number of carboxylic acid groups (broad SMARTS) is 1. The first-order valence-electron chi connectivity index (χ1n) is 6.11. The van der Waals surface area contributed by atoms with Gasteiger partial charge in [0, 0.05) is 11.6 Å². The molecule has 1 N–H and O–H groups in total. The highest BCUT2D eigenvalue weighted by Crippen LogP contribution is 2.35. The van der Waals surface area contributed by atoms with E-state index in [9.17, 15) is 4.79 Å². The third kappa shape index (κ3) is 4.00. The average molecular weight is 323 g/mol. The Kier molecular flexibility index (Phi) is 4.89. The van der Waals surface area contributed by atoms with Crippen molar-refractivity contribution in [3.05, 3.63) is 63.6 Å². The molecule has 2 aromatic rings. The van der Waals surface area contributed by atoms with Crippen molar-refractivity contribution < 1.29 is 14.6 Å². The zero-order valence-corrected chi connectivity index (χ0v) is 12.7. The fraction of sp³-hybridized carbons (Fsp3) is 0.0625. The second-order valence-corrected chi connectivity index (χ2v) is 5.17. The van der Waals surface area contributed by atoms with Gasteiger partial charge in [0.05, 0.1) is 10.0 Å². The molecule has 0 heterocycles. The normalized spacial score (nSPS) is 10.8. The SMILES string of the molecule is Cc1ccc(Oc2cccc(Cl)c2C=CC(=O)O)c(Cl)c1. The van der Waals surface area contributed by atoms with Crippen LogP contribution in [0.3, 0.4) is 0 Å². The number of benzene rings is 2. The molecule has 0 amide bonds. The zero-order chi connectivity index (χ0) is 15.4. The zero-order valence-electron chi connectivity index (χ0n) is 11.1. The van der Waals surface area contributed by atoms with Gasteiger partial charge in [0.2, 0.25) is 0 Å². The van der Waals surface area contributed by atoms with E-state index in [-0.39, 0.29) is 0 Å². The largest absolute Gasteiger partial charge is 0.478 e. The predicted molar refractivity (Wildman–Crippen MR) is 84.4 cm³/mol. The Morgan fingerprint density at radius 3 is 2.57 bits per heavy atom. The van der Waals surface area contributed by atoms with Crippen LogP contribution in [-0.2, 0) is 4.79 Å². The summed E-state index contributed by atoms with van der Waals surface area (Å²) in [5.41, 5.74) is 1.50. The average Bonchev–Trinajstić information content (AvgIpc) is 2.41. The van der Waals surface area contributed by atoms with Crippen LogP contribution in [0.25, 0.3) is 6.08 Å². The molecule has 0 bridgehead atoms. The van der Waals surface area contributed by atoms with E-state index in [1.54, 1.807) is 30.3 Å². The Morgan fingerprint density at radius 2 is 1.90 bits per heavy atom. The van der Waals surface area contributed by atoms with E-state index in [1.165, 1.54) is 6.08 Å². The summed E-state index contributed by atoms with van der Waals surface area (Å²) in [6, 6.07) is 10.5. The maximum Gasteiger partial charge on any atom is 0.328 e. The molecule has 0 aromatic heterocycles. The summed E-state index contributed by atoms with van der Waals surface area (Å²) in [6.45, 7) is 1.93. The summed E-state index contributed by atoms with van der Waals surface area (Å²) in [5, 5.41) is 9.60. The van der Waals surface area contributed by atoms with E-state index in [0.29, 0.717) is 27.1 Å². The number of carboxylic acids is 1. The molecule has 5 heteroatoms. The lowest BCUT2D eigenvalue weighted by atomic mass is 10.2. The van der Waals surface area contributed by atoms with Crippen molar-refractivity contribution in [2.75, 3.05) is 0 Å². The van der Waals surface area contributed by atoms with Crippen molar-refractivity contribution in [3.8, 4) is 11.5 Å². The number of hydrogen-bond acceptors (Lipinski definition) is 2. The minimum absolute atomic E-state index is 0.397. The second kappa shape index (κ2) is 6.66. The maximum atomic E-state index is 10.7. The minimum atomic E-state index is -1.06.